The first kappa shape index (κ1) is 33.2. The van der Waals surface area contributed by atoms with E-state index in [9.17, 15) is 18.6 Å². The first-order valence-electron chi connectivity index (χ1n) is 15.8. The number of rotatable bonds is 22. The highest BCUT2D eigenvalue weighted by Gasteiger charge is 2.20. The fourth-order valence-electron chi connectivity index (χ4n) is 5.25. The molecule has 0 aliphatic carbocycles. The minimum atomic E-state index is -3.74. The molecule has 0 bridgehead atoms. The molecule has 5 heteroatoms. The van der Waals surface area contributed by atoms with Gasteiger partial charge in [-0.05, 0) is 73.2 Å². The molecule has 0 aliphatic heterocycles. The maximum absolute atomic E-state index is 13.4. The van der Waals surface area contributed by atoms with Crippen molar-refractivity contribution >= 4 is 9.84 Å². The van der Waals surface area contributed by atoms with Crippen LogP contribution in [0.5, 0.6) is 11.5 Å². The van der Waals surface area contributed by atoms with Gasteiger partial charge < -0.3 is 10.2 Å². The van der Waals surface area contributed by atoms with Crippen molar-refractivity contribution in [2.75, 3.05) is 0 Å². The van der Waals surface area contributed by atoms with Gasteiger partial charge in [-0.3, -0.25) is 0 Å². The summed E-state index contributed by atoms with van der Waals surface area (Å²) in [7, 11) is -3.74. The molecule has 0 radical (unpaired) electrons. The Kier molecular flexibility index (Phi) is 16.3. The second-order valence-corrected chi connectivity index (χ2v) is 13.2. The lowest BCUT2D eigenvalue weighted by atomic mass is 10.0. The number of sulfone groups is 1. The number of hydrogen-bond donors (Lipinski definition) is 2. The summed E-state index contributed by atoms with van der Waals surface area (Å²) in [5, 5.41) is 20.7. The van der Waals surface area contributed by atoms with Gasteiger partial charge in [-0.25, -0.2) is 8.42 Å². The normalized spacial score (nSPS) is 11.7. The van der Waals surface area contributed by atoms with Gasteiger partial charge in [0.05, 0.1) is 9.79 Å². The molecule has 0 fully saturated rings. The molecule has 2 aromatic rings. The zero-order valence-corrected chi connectivity index (χ0v) is 25.5. The quantitative estimate of drug-likeness (QED) is 0.141. The highest BCUT2D eigenvalue weighted by atomic mass is 32.2. The number of unbranched alkanes of at least 4 members (excludes halogenated alkanes) is 16. The van der Waals surface area contributed by atoms with E-state index in [1.165, 1.54) is 114 Å². The number of benzene rings is 2. The highest BCUT2D eigenvalue weighted by Crippen LogP contribution is 2.30. The van der Waals surface area contributed by atoms with E-state index in [0.717, 1.165) is 25.7 Å². The molecule has 0 saturated heterocycles. The third kappa shape index (κ3) is 12.4. The first-order chi connectivity index (χ1) is 18.9. The minimum absolute atomic E-state index is 0.158. The van der Waals surface area contributed by atoms with Gasteiger partial charge in [-0.1, -0.05) is 117 Å². The summed E-state index contributed by atoms with van der Waals surface area (Å²) in [6.45, 7) is 4.47. The topological polar surface area (TPSA) is 74.6 Å². The molecule has 2 aromatic carbocycles. The molecular weight excluding hydrogens is 504 g/mol. The van der Waals surface area contributed by atoms with E-state index in [2.05, 4.69) is 13.8 Å². The lowest BCUT2D eigenvalue weighted by Crippen LogP contribution is -2.04. The monoisotopic (exact) mass is 558 g/mol. The van der Waals surface area contributed by atoms with Crippen molar-refractivity contribution in [2.45, 2.75) is 152 Å². The van der Waals surface area contributed by atoms with Crippen molar-refractivity contribution in [3.8, 4) is 11.5 Å². The van der Waals surface area contributed by atoms with Crippen LogP contribution in [0.3, 0.4) is 0 Å². The van der Waals surface area contributed by atoms with Crippen LogP contribution in [0.15, 0.2) is 46.2 Å². The van der Waals surface area contributed by atoms with Crippen LogP contribution >= 0.6 is 0 Å². The molecule has 39 heavy (non-hydrogen) atoms. The molecule has 0 amide bonds. The lowest BCUT2D eigenvalue weighted by molar-refractivity contribution is 0.465. The van der Waals surface area contributed by atoms with Gasteiger partial charge in [0, 0.05) is 0 Å². The third-order valence-corrected chi connectivity index (χ3v) is 9.57. The fraction of sp³-hybridized carbons (Fsp3) is 0.647. The Morgan fingerprint density at radius 3 is 1.13 bits per heavy atom. The van der Waals surface area contributed by atoms with Gasteiger partial charge in [0.1, 0.15) is 11.5 Å². The van der Waals surface area contributed by atoms with Gasteiger partial charge in [0.25, 0.3) is 0 Å². The van der Waals surface area contributed by atoms with Gasteiger partial charge in [0.2, 0.25) is 9.84 Å². The summed E-state index contributed by atoms with van der Waals surface area (Å²) in [5.41, 5.74) is 1.38. The number of phenols is 2. The molecular formula is C34H54O4S. The van der Waals surface area contributed by atoms with Crippen molar-refractivity contribution in [1.29, 1.82) is 0 Å². The Balaban J connectivity index is 1.88. The predicted octanol–water partition coefficient (Wildman–Crippen LogP) is 10.1. The Morgan fingerprint density at radius 1 is 0.487 bits per heavy atom. The van der Waals surface area contributed by atoms with E-state index in [1.807, 2.05) is 0 Å². The zero-order chi connectivity index (χ0) is 28.3. The molecule has 2 rings (SSSR count). The lowest BCUT2D eigenvalue weighted by Gasteiger charge is -2.11. The van der Waals surface area contributed by atoms with E-state index >= 15 is 0 Å². The van der Waals surface area contributed by atoms with Crippen LogP contribution in [0.25, 0.3) is 0 Å². The smallest absolute Gasteiger partial charge is 0.206 e. The number of aromatic hydroxyl groups is 2. The molecule has 0 heterocycles. The molecule has 220 valence electrons. The molecule has 4 nitrogen and oxygen atoms in total. The van der Waals surface area contributed by atoms with Gasteiger partial charge in [-0.2, -0.15) is 0 Å². The van der Waals surface area contributed by atoms with Gasteiger partial charge in [0.15, 0.2) is 0 Å². The average Bonchev–Trinajstić information content (AvgIpc) is 2.92. The second kappa shape index (κ2) is 19.1. The number of aryl methyl sites for hydroxylation is 2. The van der Waals surface area contributed by atoms with E-state index in [-0.39, 0.29) is 21.3 Å². The molecule has 0 saturated carbocycles. The van der Waals surface area contributed by atoms with Crippen LogP contribution in [-0.2, 0) is 22.7 Å². The summed E-state index contributed by atoms with van der Waals surface area (Å²) >= 11 is 0. The Bertz CT molecular complexity index is 968. The molecule has 0 unspecified atom stereocenters. The number of phenolic OH excluding ortho intramolecular Hbond substituents is 2. The largest absolute Gasteiger partial charge is 0.508 e. The van der Waals surface area contributed by atoms with Crippen molar-refractivity contribution in [3.05, 3.63) is 47.5 Å². The van der Waals surface area contributed by atoms with Crippen LogP contribution in [-0.4, -0.2) is 18.6 Å². The molecule has 0 aliphatic rings. The molecule has 0 spiro atoms. The number of hydrogen-bond acceptors (Lipinski definition) is 4. The predicted molar refractivity (Wildman–Crippen MR) is 164 cm³/mol. The Labute approximate surface area is 239 Å². The summed E-state index contributed by atoms with van der Waals surface area (Å²) in [4.78, 5) is 0.400. The maximum atomic E-state index is 13.4. The highest BCUT2D eigenvalue weighted by molar-refractivity contribution is 7.91. The molecule has 2 N–H and O–H groups in total. The van der Waals surface area contributed by atoms with Crippen molar-refractivity contribution in [2.24, 2.45) is 0 Å². The summed E-state index contributed by atoms with van der Waals surface area (Å²) in [5.74, 6) is 0.315. The maximum Gasteiger partial charge on any atom is 0.206 e. The summed E-state index contributed by atoms with van der Waals surface area (Å²) in [6, 6.07) is 9.22. The van der Waals surface area contributed by atoms with Crippen LogP contribution in [0, 0.1) is 0 Å². The molecule has 0 aromatic heterocycles. The summed E-state index contributed by atoms with van der Waals surface area (Å²) in [6.07, 6.45) is 23.3. The van der Waals surface area contributed by atoms with E-state index in [0.29, 0.717) is 24.0 Å². The SMILES string of the molecule is CCCCCCCCCCCc1cc(S(=O)(=O)c2ccc(O)c(CCCCCCCCCCC)c2)ccc1O. The third-order valence-electron chi connectivity index (χ3n) is 7.82. The van der Waals surface area contributed by atoms with E-state index in [1.54, 1.807) is 12.1 Å². The Hall–Kier alpha value is -2.01. The van der Waals surface area contributed by atoms with Crippen molar-refractivity contribution in [1.82, 2.24) is 0 Å². The second-order valence-electron chi connectivity index (χ2n) is 11.2. The summed E-state index contributed by atoms with van der Waals surface area (Å²) < 4.78 is 26.9. The average molecular weight is 559 g/mol. The van der Waals surface area contributed by atoms with Gasteiger partial charge in [-0.15, -0.1) is 0 Å². The van der Waals surface area contributed by atoms with Crippen LogP contribution in [0.1, 0.15) is 141 Å². The van der Waals surface area contributed by atoms with Crippen molar-refractivity contribution in [3.63, 3.8) is 0 Å². The van der Waals surface area contributed by atoms with E-state index in [4.69, 9.17) is 0 Å². The standard InChI is InChI=1S/C34H54O4S/c1-3-5-7-9-11-13-15-17-19-21-29-27-31(23-25-33(29)35)39(37,38)32-24-26-34(36)30(28-32)22-20-18-16-14-12-10-8-6-4-2/h23-28,35-36H,3-22H2,1-2H3. The van der Waals surface area contributed by atoms with Crippen LogP contribution in [0.2, 0.25) is 0 Å². The minimum Gasteiger partial charge on any atom is -0.508 e. The molecule has 0 atom stereocenters. The van der Waals surface area contributed by atoms with Crippen LogP contribution < -0.4 is 0 Å². The van der Waals surface area contributed by atoms with Gasteiger partial charge >= 0.3 is 0 Å². The van der Waals surface area contributed by atoms with Crippen molar-refractivity contribution < 1.29 is 18.6 Å². The Morgan fingerprint density at radius 2 is 0.795 bits per heavy atom. The first-order valence-corrected chi connectivity index (χ1v) is 17.3. The fourth-order valence-corrected chi connectivity index (χ4v) is 6.61. The van der Waals surface area contributed by atoms with Crippen LogP contribution in [0.4, 0.5) is 0 Å². The van der Waals surface area contributed by atoms with E-state index < -0.39 is 9.84 Å². The zero-order valence-electron chi connectivity index (χ0n) is 24.7.